The maximum absolute atomic E-state index is 12.2. The fourth-order valence-electron chi connectivity index (χ4n) is 3.25. The maximum atomic E-state index is 12.2. The lowest BCUT2D eigenvalue weighted by Crippen LogP contribution is -2.46. The Morgan fingerprint density at radius 2 is 2.00 bits per heavy atom. The van der Waals surface area contributed by atoms with Crippen molar-refractivity contribution in [1.29, 1.82) is 0 Å². The van der Waals surface area contributed by atoms with Crippen LogP contribution in [0.25, 0.3) is 0 Å². The van der Waals surface area contributed by atoms with Crippen molar-refractivity contribution in [3.05, 3.63) is 35.4 Å². The first-order chi connectivity index (χ1) is 9.18. The van der Waals surface area contributed by atoms with Gasteiger partial charge in [0.05, 0.1) is 11.5 Å². The zero-order valence-corrected chi connectivity index (χ0v) is 11.2. The number of aliphatic hydroxyl groups is 1. The van der Waals surface area contributed by atoms with E-state index >= 15 is 0 Å². The van der Waals surface area contributed by atoms with Crippen LogP contribution in [0, 0.1) is 0 Å². The van der Waals surface area contributed by atoms with Gasteiger partial charge in [-0.25, -0.2) is 0 Å². The number of nitrogens with one attached hydrogen (secondary N) is 1. The summed E-state index contributed by atoms with van der Waals surface area (Å²) in [6.45, 7) is 0.407. The molecule has 1 atom stereocenters. The van der Waals surface area contributed by atoms with E-state index in [4.69, 9.17) is 0 Å². The molecule has 0 heterocycles. The average molecular weight is 259 g/mol. The average Bonchev–Trinajstić information content (AvgIpc) is 2.39. The smallest absolute Gasteiger partial charge is 0.227 e. The largest absolute Gasteiger partial charge is 0.388 e. The van der Waals surface area contributed by atoms with E-state index in [0.29, 0.717) is 6.54 Å². The molecule has 0 radical (unpaired) electrons. The van der Waals surface area contributed by atoms with Gasteiger partial charge in [0.1, 0.15) is 0 Å². The highest BCUT2D eigenvalue weighted by molar-refractivity contribution is 5.86. The Hall–Kier alpha value is -1.35. The molecule has 3 nitrogen and oxygen atoms in total. The Morgan fingerprint density at radius 3 is 2.74 bits per heavy atom. The summed E-state index contributed by atoms with van der Waals surface area (Å²) in [6, 6.07) is 8.09. The van der Waals surface area contributed by atoms with E-state index in [1.54, 1.807) is 0 Å². The molecule has 0 saturated heterocycles. The Labute approximate surface area is 114 Å². The molecule has 2 aliphatic carbocycles. The van der Waals surface area contributed by atoms with E-state index < -0.39 is 5.60 Å². The van der Waals surface area contributed by atoms with Gasteiger partial charge in [0.15, 0.2) is 0 Å². The molecule has 1 aromatic carbocycles. The highest BCUT2D eigenvalue weighted by Crippen LogP contribution is 2.35. The standard InChI is InChI=1S/C16H21NO2/c18-15(14-10-12-6-2-3-7-13(12)14)17-11-16(19)8-4-1-5-9-16/h2-3,6-7,14,19H,1,4-5,8-11H2,(H,17,18). The van der Waals surface area contributed by atoms with Gasteiger partial charge in [-0.15, -0.1) is 0 Å². The molecule has 1 amide bonds. The van der Waals surface area contributed by atoms with E-state index in [2.05, 4.69) is 11.4 Å². The molecule has 3 heteroatoms. The zero-order valence-electron chi connectivity index (χ0n) is 11.2. The Bertz CT molecular complexity index is 477. The lowest BCUT2D eigenvalue weighted by molar-refractivity contribution is -0.124. The van der Waals surface area contributed by atoms with Gasteiger partial charge in [0, 0.05) is 6.54 Å². The van der Waals surface area contributed by atoms with Crippen LogP contribution >= 0.6 is 0 Å². The van der Waals surface area contributed by atoms with Crippen molar-refractivity contribution < 1.29 is 9.90 Å². The van der Waals surface area contributed by atoms with Crippen LogP contribution in [0.3, 0.4) is 0 Å². The van der Waals surface area contributed by atoms with Crippen LogP contribution in [0.5, 0.6) is 0 Å². The maximum Gasteiger partial charge on any atom is 0.227 e. The summed E-state index contributed by atoms with van der Waals surface area (Å²) in [5.74, 6) is 0.0566. The van der Waals surface area contributed by atoms with Gasteiger partial charge in [0.2, 0.25) is 5.91 Å². The van der Waals surface area contributed by atoms with Crippen LogP contribution in [-0.2, 0) is 11.2 Å². The summed E-state index contributed by atoms with van der Waals surface area (Å²) in [5, 5.41) is 13.3. The fraction of sp³-hybridized carbons (Fsp3) is 0.562. The molecule has 3 rings (SSSR count). The van der Waals surface area contributed by atoms with Gasteiger partial charge in [-0.3, -0.25) is 4.79 Å². The van der Waals surface area contributed by atoms with Gasteiger partial charge < -0.3 is 10.4 Å². The summed E-state index contributed by atoms with van der Waals surface area (Å²) >= 11 is 0. The topological polar surface area (TPSA) is 49.3 Å². The molecule has 0 spiro atoms. The van der Waals surface area contributed by atoms with Crippen molar-refractivity contribution in [3.63, 3.8) is 0 Å². The van der Waals surface area contributed by atoms with Gasteiger partial charge in [-0.05, 0) is 30.4 Å². The van der Waals surface area contributed by atoms with Crippen molar-refractivity contribution in [1.82, 2.24) is 5.32 Å². The Kier molecular flexibility index (Phi) is 3.31. The van der Waals surface area contributed by atoms with Crippen molar-refractivity contribution >= 4 is 5.91 Å². The van der Waals surface area contributed by atoms with E-state index in [9.17, 15) is 9.90 Å². The molecule has 0 bridgehead atoms. The molecule has 1 fully saturated rings. The molecule has 1 aromatic rings. The predicted molar refractivity (Wildman–Crippen MR) is 73.9 cm³/mol. The first kappa shape index (κ1) is 12.7. The SMILES string of the molecule is O=C(NCC1(O)CCCCC1)C1Cc2ccccc21. The molecule has 0 aromatic heterocycles. The highest BCUT2D eigenvalue weighted by atomic mass is 16.3. The number of hydrogen-bond acceptors (Lipinski definition) is 2. The first-order valence-electron chi connectivity index (χ1n) is 7.26. The van der Waals surface area contributed by atoms with E-state index in [1.807, 2.05) is 18.2 Å². The van der Waals surface area contributed by atoms with Crippen LogP contribution in [-0.4, -0.2) is 23.2 Å². The van der Waals surface area contributed by atoms with E-state index in [0.717, 1.165) is 37.7 Å². The monoisotopic (exact) mass is 259 g/mol. The van der Waals surface area contributed by atoms with Crippen LogP contribution in [0.2, 0.25) is 0 Å². The first-order valence-corrected chi connectivity index (χ1v) is 7.26. The minimum Gasteiger partial charge on any atom is -0.388 e. The minimum atomic E-state index is -0.669. The van der Waals surface area contributed by atoms with Crippen molar-refractivity contribution in [2.75, 3.05) is 6.54 Å². The quantitative estimate of drug-likeness (QED) is 0.873. The van der Waals surface area contributed by atoms with Crippen LogP contribution in [0.15, 0.2) is 24.3 Å². The molecule has 1 saturated carbocycles. The fourth-order valence-corrected chi connectivity index (χ4v) is 3.25. The van der Waals surface area contributed by atoms with Crippen LogP contribution in [0.1, 0.15) is 49.1 Å². The van der Waals surface area contributed by atoms with Gasteiger partial charge in [-0.1, -0.05) is 43.5 Å². The second-order valence-electron chi connectivity index (χ2n) is 5.96. The third kappa shape index (κ3) is 2.52. The molecular weight excluding hydrogens is 238 g/mol. The summed E-state index contributed by atoms with van der Waals surface area (Å²) in [7, 11) is 0. The molecule has 2 N–H and O–H groups in total. The highest BCUT2D eigenvalue weighted by Gasteiger charge is 2.34. The van der Waals surface area contributed by atoms with Crippen molar-refractivity contribution in [2.45, 2.75) is 50.0 Å². The van der Waals surface area contributed by atoms with Crippen molar-refractivity contribution in [3.8, 4) is 0 Å². The third-order valence-corrected chi connectivity index (χ3v) is 4.55. The molecule has 102 valence electrons. The lowest BCUT2D eigenvalue weighted by Gasteiger charge is -2.34. The zero-order chi connectivity index (χ0) is 13.3. The van der Waals surface area contributed by atoms with Gasteiger partial charge in [-0.2, -0.15) is 0 Å². The predicted octanol–water partition coefficient (Wildman–Crippen LogP) is 2.14. The van der Waals surface area contributed by atoms with E-state index in [-0.39, 0.29) is 11.8 Å². The van der Waals surface area contributed by atoms with E-state index in [1.165, 1.54) is 12.0 Å². The molecule has 2 aliphatic rings. The Balaban J connectivity index is 1.56. The minimum absolute atomic E-state index is 0.0107. The normalized spacial score (nSPS) is 24.2. The van der Waals surface area contributed by atoms with Crippen LogP contribution < -0.4 is 5.32 Å². The number of hydrogen-bond donors (Lipinski definition) is 2. The summed E-state index contributed by atoms with van der Waals surface area (Å²) in [6.07, 6.45) is 5.80. The van der Waals surface area contributed by atoms with Gasteiger partial charge >= 0.3 is 0 Å². The van der Waals surface area contributed by atoms with Crippen molar-refractivity contribution in [2.24, 2.45) is 0 Å². The summed E-state index contributed by atoms with van der Waals surface area (Å²) < 4.78 is 0. The molecule has 19 heavy (non-hydrogen) atoms. The Morgan fingerprint density at radius 1 is 1.26 bits per heavy atom. The number of amides is 1. The summed E-state index contributed by atoms with van der Waals surface area (Å²) in [4.78, 5) is 12.2. The number of rotatable bonds is 3. The second kappa shape index (κ2) is 4.97. The number of fused-ring (bicyclic) bond motifs is 1. The summed E-state index contributed by atoms with van der Waals surface area (Å²) in [5.41, 5.74) is 1.76. The third-order valence-electron chi connectivity index (χ3n) is 4.55. The molecule has 0 aliphatic heterocycles. The second-order valence-corrected chi connectivity index (χ2v) is 5.96. The number of carbonyl (C=O) groups excluding carboxylic acids is 1. The number of benzene rings is 1. The molecular formula is C16H21NO2. The lowest BCUT2D eigenvalue weighted by atomic mass is 9.77. The number of carbonyl (C=O) groups is 1. The van der Waals surface area contributed by atoms with Crippen LogP contribution in [0.4, 0.5) is 0 Å². The van der Waals surface area contributed by atoms with Gasteiger partial charge in [0.25, 0.3) is 0 Å². The molecule has 1 unspecified atom stereocenters.